The highest BCUT2D eigenvalue weighted by atomic mass is 19.4. The van der Waals surface area contributed by atoms with Crippen molar-refractivity contribution < 1.29 is 37.7 Å². The third kappa shape index (κ3) is 9.01. The van der Waals surface area contributed by atoms with E-state index in [1.807, 2.05) is 25.3 Å². The minimum atomic E-state index is -5.08. The summed E-state index contributed by atoms with van der Waals surface area (Å²) in [4.78, 5) is 31.6. The summed E-state index contributed by atoms with van der Waals surface area (Å²) in [7, 11) is 0. The normalized spacial score (nSPS) is 13.9. The van der Waals surface area contributed by atoms with Gasteiger partial charge in [-0.05, 0) is 67.1 Å². The highest BCUT2D eigenvalue weighted by molar-refractivity contribution is 5.73. The lowest BCUT2D eigenvalue weighted by Crippen LogP contribution is -2.35. The first-order chi connectivity index (χ1) is 19.2. The van der Waals surface area contributed by atoms with Gasteiger partial charge in [-0.3, -0.25) is 9.69 Å². The Morgan fingerprint density at radius 3 is 2.32 bits per heavy atom. The molecular weight excluding hydrogens is 539 g/mol. The number of halogens is 3. The van der Waals surface area contributed by atoms with Gasteiger partial charge in [0, 0.05) is 49.8 Å². The average molecular weight is 574 g/mol. The Labute approximate surface area is 236 Å². The summed E-state index contributed by atoms with van der Waals surface area (Å²) in [5, 5.41) is 16.1. The molecule has 41 heavy (non-hydrogen) atoms. The first-order valence-electron chi connectivity index (χ1n) is 13.1. The molecule has 0 fully saturated rings. The van der Waals surface area contributed by atoms with Crippen LogP contribution in [0.15, 0.2) is 42.6 Å². The molecule has 3 aromatic rings. The van der Waals surface area contributed by atoms with E-state index in [-0.39, 0.29) is 12.3 Å². The Hall–Kier alpha value is -3.99. The number of hydrogen-bond donors (Lipinski definition) is 2. The van der Waals surface area contributed by atoms with Crippen LogP contribution in [0, 0.1) is 26.7 Å². The molecule has 220 valence electrons. The number of aryl methyl sites for hydroxylation is 3. The van der Waals surface area contributed by atoms with Gasteiger partial charge in [-0.2, -0.15) is 13.2 Å². The number of aromatic nitrogens is 2. The van der Waals surface area contributed by atoms with Gasteiger partial charge in [0.1, 0.15) is 12.4 Å². The minimum absolute atomic E-state index is 0.123. The molecule has 0 amide bonds. The first-order valence-corrected chi connectivity index (χ1v) is 13.1. The molecule has 1 aromatic heterocycles. The fraction of sp³-hybridized carbons (Fsp3) is 0.400. The van der Waals surface area contributed by atoms with E-state index < -0.39 is 18.1 Å². The van der Waals surface area contributed by atoms with E-state index in [0.29, 0.717) is 6.61 Å². The van der Waals surface area contributed by atoms with Crippen molar-refractivity contribution in [2.24, 2.45) is 5.92 Å². The van der Waals surface area contributed by atoms with Crippen LogP contribution in [-0.4, -0.2) is 56.3 Å². The van der Waals surface area contributed by atoms with Crippen molar-refractivity contribution in [1.29, 1.82) is 0 Å². The van der Waals surface area contributed by atoms with Crippen molar-refractivity contribution >= 4 is 11.9 Å². The summed E-state index contributed by atoms with van der Waals surface area (Å²) in [5.74, 6) is -1.77. The van der Waals surface area contributed by atoms with Crippen LogP contribution in [0.25, 0.3) is 11.4 Å². The summed E-state index contributed by atoms with van der Waals surface area (Å²) in [6, 6.07) is 12.4. The molecule has 2 heterocycles. The van der Waals surface area contributed by atoms with Gasteiger partial charge in [0.15, 0.2) is 5.82 Å². The van der Waals surface area contributed by atoms with E-state index in [4.69, 9.17) is 24.7 Å². The van der Waals surface area contributed by atoms with Crippen LogP contribution in [0.1, 0.15) is 46.9 Å². The molecule has 1 aliphatic rings. The fourth-order valence-electron chi connectivity index (χ4n) is 4.65. The maximum Gasteiger partial charge on any atom is 0.490 e. The van der Waals surface area contributed by atoms with Gasteiger partial charge in [0.05, 0.1) is 5.69 Å². The number of ether oxygens (including phenoxy) is 1. The molecule has 1 atom stereocenters. The Morgan fingerprint density at radius 2 is 1.73 bits per heavy atom. The fourth-order valence-corrected chi connectivity index (χ4v) is 4.65. The van der Waals surface area contributed by atoms with Gasteiger partial charge in [-0.25, -0.2) is 14.8 Å². The van der Waals surface area contributed by atoms with Gasteiger partial charge >= 0.3 is 18.1 Å². The second-order valence-electron chi connectivity index (χ2n) is 10.3. The molecule has 0 radical (unpaired) electrons. The van der Waals surface area contributed by atoms with Crippen molar-refractivity contribution in [3.05, 3.63) is 76.1 Å². The number of benzene rings is 2. The van der Waals surface area contributed by atoms with Gasteiger partial charge in [0.25, 0.3) is 0 Å². The molecule has 11 heteroatoms. The third-order valence-corrected chi connectivity index (χ3v) is 6.80. The van der Waals surface area contributed by atoms with Crippen LogP contribution in [0.3, 0.4) is 0 Å². The highest BCUT2D eigenvalue weighted by Gasteiger charge is 2.38. The van der Waals surface area contributed by atoms with Crippen LogP contribution in [0.4, 0.5) is 13.2 Å². The van der Waals surface area contributed by atoms with Crippen molar-refractivity contribution in [3.8, 4) is 17.1 Å². The lowest BCUT2D eigenvalue weighted by Gasteiger charge is -2.29. The summed E-state index contributed by atoms with van der Waals surface area (Å²) in [5.41, 5.74) is 7.97. The predicted molar refractivity (Wildman–Crippen MR) is 147 cm³/mol. The number of carboxylic acids is 2. The van der Waals surface area contributed by atoms with Crippen molar-refractivity contribution in [2.45, 2.75) is 59.9 Å². The molecule has 1 aliphatic heterocycles. The number of nitrogens with zero attached hydrogens (tertiary/aromatic N) is 3. The Kier molecular flexibility index (Phi) is 10.4. The van der Waals surface area contributed by atoms with E-state index in [2.05, 4.69) is 54.9 Å². The minimum Gasteiger partial charge on any atom is -0.489 e. The predicted octanol–water partition coefficient (Wildman–Crippen LogP) is 5.75. The second-order valence-corrected chi connectivity index (χ2v) is 10.3. The van der Waals surface area contributed by atoms with Gasteiger partial charge in [-0.1, -0.05) is 25.1 Å². The molecule has 2 aromatic carbocycles. The largest absolute Gasteiger partial charge is 0.490 e. The van der Waals surface area contributed by atoms with Crippen molar-refractivity contribution in [2.75, 3.05) is 13.1 Å². The van der Waals surface area contributed by atoms with Crippen LogP contribution in [0.5, 0.6) is 5.75 Å². The Balaban J connectivity index is 0.000000587. The van der Waals surface area contributed by atoms with Crippen LogP contribution >= 0.6 is 0 Å². The Bertz CT molecular complexity index is 1370. The number of carbonyl (C=O) groups is 2. The zero-order valence-corrected chi connectivity index (χ0v) is 23.5. The molecule has 4 rings (SSSR count). The molecule has 8 nitrogen and oxygen atoms in total. The van der Waals surface area contributed by atoms with Crippen molar-refractivity contribution in [1.82, 2.24) is 14.9 Å². The van der Waals surface area contributed by atoms with Crippen molar-refractivity contribution in [3.63, 3.8) is 0 Å². The third-order valence-electron chi connectivity index (χ3n) is 6.80. The number of rotatable bonds is 8. The molecule has 0 bridgehead atoms. The molecule has 2 N–H and O–H groups in total. The molecule has 0 aliphatic carbocycles. The summed E-state index contributed by atoms with van der Waals surface area (Å²) < 4.78 is 37.9. The first kappa shape index (κ1) is 31.5. The van der Waals surface area contributed by atoms with E-state index in [9.17, 15) is 18.0 Å². The summed E-state index contributed by atoms with van der Waals surface area (Å²) in [6.45, 7) is 11.3. The highest BCUT2D eigenvalue weighted by Crippen LogP contribution is 2.27. The quantitative estimate of drug-likeness (QED) is 0.350. The van der Waals surface area contributed by atoms with Crippen LogP contribution in [-0.2, 0) is 29.2 Å². The molecular formula is C30H34F3N3O5. The molecule has 0 spiro atoms. The average Bonchev–Trinajstić information content (AvgIpc) is 2.88. The maximum absolute atomic E-state index is 10.9. The monoisotopic (exact) mass is 573 g/mol. The van der Waals surface area contributed by atoms with E-state index in [0.717, 1.165) is 60.0 Å². The zero-order valence-electron chi connectivity index (χ0n) is 23.5. The van der Waals surface area contributed by atoms with Crippen LogP contribution < -0.4 is 4.74 Å². The number of alkyl halides is 3. The van der Waals surface area contributed by atoms with E-state index >= 15 is 0 Å². The maximum atomic E-state index is 10.9. The van der Waals surface area contributed by atoms with E-state index in [1.165, 1.54) is 16.7 Å². The molecule has 0 saturated carbocycles. The second kappa shape index (κ2) is 13.6. The van der Waals surface area contributed by atoms with Gasteiger partial charge in [0.2, 0.25) is 0 Å². The Morgan fingerprint density at radius 1 is 1.07 bits per heavy atom. The summed E-state index contributed by atoms with van der Waals surface area (Å²) >= 11 is 0. The molecule has 0 saturated heterocycles. The topological polar surface area (TPSA) is 113 Å². The number of fused-ring (bicyclic) bond motifs is 1. The standard InChI is InChI=1S/C28H33N3O3.C2HF3O2/c1-18(12-27(32)33)15-31-11-10-25-23(16-31)14-29-28(30-25)22-8-9-26(21(4)13-22)34-17-24-19(2)6-5-7-20(24)3;3-2(4,5)1(6)7/h5-9,13-14,18H,10-12,15-17H2,1-4H3,(H,32,33);(H,6,7). The SMILES string of the molecule is Cc1cc(-c2ncc3c(n2)CCN(CC(C)CC(=O)O)C3)ccc1OCc1c(C)cccc1C.O=C(O)C(F)(F)F. The number of aliphatic carboxylic acids is 2. The van der Waals surface area contributed by atoms with Gasteiger partial charge < -0.3 is 14.9 Å². The summed E-state index contributed by atoms with van der Waals surface area (Å²) in [6.07, 6.45) is -2.12. The lowest BCUT2D eigenvalue weighted by atomic mass is 10.0. The van der Waals surface area contributed by atoms with Crippen LogP contribution in [0.2, 0.25) is 0 Å². The smallest absolute Gasteiger partial charge is 0.489 e. The zero-order chi connectivity index (χ0) is 30.3. The van der Waals surface area contributed by atoms with E-state index in [1.54, 1.807) is 0 Å². The number of hydrogen-bond acceptors (Lipinski definition) is 6. The number of carboxylic acid groups (broad SMARTS) is 2. The molecule has 1 unspecified atom stereocenters. The van der Waals surface area contributed by atoms with Gasteiger partial charge in [-0.15, -0.1) is 0 Å². The lowest BCUT2D eigenvalue weighted by molar-refractivity contribution is -0.192.